The number of carboxylic acid groups (broad SMARTS) is 1. The lowest BCUT2D eigenvalue weighted by atomic mass is 10.0. The van der Waals surface area contributed by atoms with Crippen LogP contribution in [0.1, 0.15) is 36.7 Å². The van der Waals surface area contributed by atoms with Gasteiger partial charge in [-0.15, -0.1) is 11.8 Å². The van der Waals surface area contributed by atoms with Crippen LogP contribution in [-0.2, 0) is 20.8 Å². The number of nitrogens with one attached hydrogen (secondary N) is 2. The maximum atomic E-state index is 12.9. The van der Waals surface area contributed by atoms with Crippen molar-refractivity contribution in [3.8, 4) is 0 Å². The van der Waals surface area contributed by atoms with Crippen molar-refractivity contribution in [1.82, 2.24) is 10.2 Å². The Labute approximate surface area is 217 Å². The number of carboxylic acids is 1. The summed E-state index contributed by atoms with van der Waals surface area (Å²) in [5, 5.41) is 15.4. The molecule has 1 fully saturated rings. The molecule has 0 aliphatic carbocycles. The minimum atomic E-state index is -1.19. The molecule has 186 valence electrons. The first-order chi connectivity index (χ1) is 16.4. The molecule has 8 nitrogen and oxygen atoms in total. The Balaban J connectivity index is 1.67. The summed E-state index contributed by atoms with van der Waals surface area (Å²) in [7, 11) is 0. The molecule has 3 rings (SSSR count). The van der Waals surface area contributed by atoms with Crippen LogP contribution in [0, 0.1) is 0 Å². The van der Waals surface area contributed by atoms with E-state index in [1.807, 2.05) is 13.8 Å². The van der Waals surface area contributed by atoms with Gasteiger partial charge in [-0.1, -0.05) is 41.4 Å². The van der Waals surface area contributed by atoms with Gasteiger partial charge in [0, 0.05) is 24.8 Å². The third kappa shape index (κ3) is 6.28. The number of carbonyl (C=O) groups is 4. The molecule has 2 unspecified atom stereocenters. The molecule has 2 atom stereocenters. The molecule has 0 radical (unpaired) electrons. The largest absolute Gasteiger partial charge is 0.480 e. The second kappa shape index (κ2) is 10.9. The van der Waals surface area contributed by atoms with Crippen LogP contribution in [0.2, 0.25) is 10.0 Å². The van der Waals surface area contributed by atoms with Crippen molar-refractivity contribution < 1.29 is 24.3 Å². The SMILES string of the molecule is CC(=O)N1C(C(=O)NC(Cc2ccc(NC(=O)c3c(Cl)cccc3Cl)cc2)C(=O)O)CSC1(C)C. The van der Waals surface area contributed by atoms with Gasteiger partial charge in [0.25, 0.3) is 5.91 Å². The second-order valence-electron chi connectivity index (χ2n) is 8.51. The van der Waals surface area contributed by atoms with Crippen molar-refractivity contribution in [2.75, 3.05) is 11.1 Å². The van der Waals surface area contributed by atoms with Crippen molar-refractivity contribution in [2.45, 2.75) is 44.1 Å². The summed E-state index contributed by atoms with van der Waals surface area (Å²) in [6.45, 7) is 5.09. The summed E-state index contributed by atoms with van der Waals surface area (Å²) in [4.78, 5) is 50.3. The molecule has 1 saturated heterocycles. The molecule has 3 amide bonds. The highest BCUT2D eigenvalue weighted by molar-refractivity contribution is 8.00. The zero-order valence-electron chi connectivity index (χ0n) is 19.3. The van der Waals surface area contributed by atoms with Gasteiger partial charge in [-0.3, -0.25) is 14.4 Å². The summed E-state index contributed by atoms with van der Waals surface area (Å²) >= 11 is 13.6. The Morgan fingerprint density at radius 1 is 1.11 bits per heavy atom. The number of anilines is 1. The van der Waals surface area contributed by atoms with E-state index in [9.17, 15) is 24.3 Å². The lowest BCUT2D eigenvalue weighted by Gasteiger charge is -2.33. The van der Waals surface area contributed by atoms with E-state index in [0.29, 0.717) is 17.0 Å². The van der Waals surface area contributed by atoms with E-state index in [1.54, 1.807) is 42.5 Å². The van der Waals surface area contributed by atoms with Gasteiger partial charge >= 0.3 is 5.97 Å². The number of halogens is 2. The number of nitrogens with zero attached hydrogens (tertiary/aromatic N) is 1. The molecular weight excluding hydrogens is 513 g/mol. The Morgan fingerprint density at radius 3 is 2.26 bits per heavy atom. The quantitative estimate of drug-likeness (QED) is 0.490. The minimum Gasteiger partial charge on any atom is -0.480 e. The maximum Gasteiger partial charge on any atom is 0.326 e. The smallest absolute Gasteiger partial charge is 0.326 e. The van der Waals surface area contributed by atoms with Crippen LogP contribution >= 0.6 is 35.0 Å². The summed E-state index contributed by atoms with van der Waals surface area (Å²) in [6, 6.07) is 9.37. The van der Waals surface area contributed by atoms with Crippen LogP contribution < -0.4 is 10.6 Å². The number of benzene rings is 2. The summed E-state index contributed by atoms with van der Waals surface area (Å²) in [5.41, 5.74) is 1.26. The van der Waals surface area contributed by atoms with Gasteiger partial charge in [0.1, 0.15) is 12.1 Å². The molecular formula is C24H25Cl2N3O5S. The molecule has 1 heterocycles. The van der Waals surface area contributed by atoms with Crippen LogP contribution in [0.5, 0.6) is 0 Å². The monoisotopic (exact) mass is 537 g/mol. The Morgan fingerprint density at radius 2 is 1.71 bits per heavy atom. The zero-order valence-corrected chi connectivity index (χ0v) is 21.6. The highest BCUT2D eigenvalue weighted by Gasteiger charge is 2.45. The molecule has 0 aromatic heterocycles. The third-order valence-electron chi connectivity index (χ3n) is 5.58. The fourth-order valence-corrected chi connectivity index (χ4v) is 5.76. The number of thioether (sulfide) groups is 1. The first kappa shape index (κ1) is 26.8. The lowest BCUT2D eigenvalue weighted by Crippen LogP contribution is -2.55. The normalized spacial score (nSPS) is 17.5. The van der Waals surface area contributed by atoms with Gasteiger partial charge in [0.15, 0.2) is 0 Å². The highest BCUT2D eigenvalue weighted by Crippen LogP contribution is 2.39. The van der Waals surface area contributed by atoms with E-state index in [-0.39, 0.29) is 27.9 Å². The lowest BCUT2D eigenvalue weighted by molar-refractivity contribution is -0.144. The van der Waals surface area contributed by atoms with Crippen molar-refractivity contribution in [3.05, 3.63) is 63.6 Å². The Bertz CT molecular complexity index is 1140. The van der Waals surface area contributed by atoms with Crippen LogP contribution in [0.15, 0.2) is 42.5 Å². The fraction of sp³-hybridized carbons (Fsp3) is 0.333. The number of rotatable bonds is 7. The first-order valence-corrected chi connectivity index (χ1v) is 12.5. The average molecular weight is 538 g/mol. The molecule has 0 bridgehead atoms. The number of hydrogen-bond acceptors (Lipinski definition) is 5. The van der Waals surface area contributed by atoms with E-state index >= 15 is 0 Å². The van der Waals surface area contributed by atoms with E-state index < -0.39 is 34.7 Å². The number of hydrogen-bond donors (Lipinski definition) is 3. The number of carbonyl (C=O) groups excluding carboxylic acids is 3. The van der Waals surface area contributed by atoms with Gasteiger partial charge in [0.05, 0.1) is 20.5 Å². The van der Waals surface area contributed by atoms with Gasteiger partial charge in [-0.2, -0.15) is 0 Å². The van der Waals surface area contributed by atoms with E-state index in [4.69, 9.17) is 23.2 Å². The molecule has 0 saturated carbocycles. The Kier molecular flexibility index (Phi) is 8.35. The first-order valence-electron chi connectivity index (χ1n) is 10.7. The number of amides is 3. The molecule has 0 spiro atoms. The molecule has 35 heavy (non-hydrogen) atoms. The van der Waals surface area contributed by atoms with E-state index in [2.05, 4.69) is 10.6 Å². The highest BCUT2D eigenvalue weighted by atomic mass is 35.5. The predicted octanol–water partition coefficient (Wildman–Crippen LogP) is 4.06. The Hall–Kier alpha value is -2.75. The topological polar surface area (TPSA) is 116 Å². The average Bonchev–Trinajstić information content (AvgIpc) is 3.09. The van der Waals surface area contributed by atoms with Crippen molar-refractivity contribution in [3.63, 3.8) is 0 Å². The molecule has 2 aromatic rings. The number of aliphatic carboxylic acids is 1. The standard InChI is InChI=1S/C24H25Cl2N3O5S/c1-13(30)29-19(12-35-24(29,2)3)21(31)28-18(23(33)34)11-14-7-9-15(10-8-14)27-22(32)20-16(25)5-4-6-17(20)26/h4-10,18-19H,11-12H2,1-3H3,(H,27,32)(H,28,31)(H,33,34). The fourth-order valence-electron chi connectivity index (χ4n) is 3.93. The van der Waals surface area contributed by atoms with Gasteiger partial charge in [-0.05, 0) is 43.7 Å². The van der Waals surface area contributed by atoms with Crippen molar-refractivity contribution in [1.29, 1.82) is 0 Å². The van der Waals surface area contributed by atoms with Gasteiger partial charge in [0.2, 0.25) is 11.8 Å². The van der Waals surface area contributed by atoms with Gasteiger partial charge < -0.3 is 20.6 Å². The van der Waals surface area contributed by atoms with Gasteiger partial charge in [-0.25, -0.2) is 4.79 Å². The molecule has 11 heteroatoms. The van der Waals surface area contributed by atoms with E-state index in [0.717, 1.165) is 0 Å². The molecule has 3 N–H and O–H groups in total. The second-order valence-corrected chi connectivity index (χ2v) is 10.9. The molecule has 1 aliphatic heterocycles. The summed E-state index contributed by atoms with van der Waals surface area (Å²) in [6.07, 6.45) is 0.0228. The van der Waals surface area contributed by atoms with Crippen molar-refractivity contribution >= 4 is 64.3 Å². The van der Waals surface area contributed by atoms with Crippen LogP contribution in [0.3, 0.4) is 0 Å². The maximum absolute atomic E-state index is 12.9. The van der Waals surface area contributed by atoms with Crippen LogP contribution in [-0.4, -0.2) is 56.4 Å². The third-order valence-corrected chi connectivity index (χ3v) is 7.60. The molecule has 1 aliphatic rings. The minimum absolute atomic E-state index is 0.0228. The van der Waals surface area contributed by atoms with Crippen molar-refractivity contribution in [2.24, 2.45) is 0 Å². The van der Waals surface area contributed by atoms with Crippen LogP contribution in [0.4, 0.5) is 5.69 Å². The zero-order chi connectivity index (χ0) is 25.9. The van der Waals surface area contributed by atoms with Crippen LogP contribution in [0.25, 0.3) is 0 Å². The van der Waals surface area contributed by atoms with E-state index in [1.165, 1.54) is 23.6 Å². The summed E-state index contributed by atoms with van der Waals surface area (Å²) < 4.78 is 0. The summed E-state index contributed by atoms with van der Waals surface area (Å²) in [5.74, 6) is -2.04. The molecule has 2 aromatic carbocycles. The predicted molar refractivity (Wildman–Crippen MR) is 137 cm³/mol.